The summed E-state index contributed by atoms with van der Waals surface area (Å²) < 4.78 is 0. The van der Waals surface area contributed by atoms with Crippen LogP contribution < -0.4 is 5.32 Å². The molecule has 1 rings (SSSR count). The van der Waals surface area contributed by atoms with Gasteiger partial charge >= 0.3 is 0 Å². The lowest BCUT2D eigenvalue weighted by Gasteiger charge is -2.05. The lowest BCUT2D eigenvalue weighted by atomic mass is 10.2. The summed E-state index contributed by atoms with van der Waals surface area (Å²) in [5, 5.41) is 11.2. The molecule has 0 fully saturated rings. The molecule has 0 spiro atoms. The minimum atomic E-state index is -0.0757. The van der Waals surface area contributed by atoms with Crippen molar-refractivity contribution < 1.29 is 5.11 Å². The molecule has 11 heavy (non-hydrogen) atoms. The molecular formula is C9H11NO. The maximum atomic E-state index is 8.53. The van der Waals surface area contributed by atoms with Crippen LogP contribution in [0.4, 0.5) is 0 Å². The third-order valence-electron chi connectivity index (χ3n) is 1.41. The molecule has 2 heteroatoms. The lowest BCUT2D eigenvalue weighted by molar-refractivity contribution is 0.283. The van der Waals surface area contributed by atoms with Crippen molar-refractivity contribution in [3.8, 4) is 0 Å². The fourth-order valence-electron chi connectivity index (χ4n) is 0.837. The average molecular weight is 149 g/mol. The van der Waals surface area contributed by atoms with E-state index in [0.717, 1.165) is 11.3 Å². The van der Waals surface area contributed by atoms with Crippen LogP contribution in [0.5, 0.6) is 0 Å². The van der Waals surface area contributed by atoms with Gasteiger partial charge in [-0.1, -0.05) is 36.9 Å². The zero-order chi connectivity index (χ0) is 8.10. The summed E-state index contributed by atoms with van der Waals surface area (Å²) in [7, 11) is 0. The fourth-order valence-corrected chi connectivity index (χ4v) is 0.837. The van der Waals surface area contributed by atoms with Crippen molar-refractivity contribution in [1.82, 2.24) is 5.32 Å². The molecule has 2 nitrogen and oxygen atoms in total. The molecule has 0 saturated heterocycles. The molecule has 0 bridgehead atoms. The average Bonchev–Trinajstić information content (AvgIpc) is 2.07. The van der Waals surface area contributed by atoms with Gasteiger partial charge in [0.1, 0.15) is 6.73 Å². The second-order valence-electron chi connectivity index (χ2n) is 2.18. The van der Waals surface area contributed by atoms with Gasteiger partial charge < -0.3 is 10.4 Å². The molecule has 0 unspecified atom stereocenters. The molecule has 1 aromatic carbocycles. The normalized spacial score (nSPS) is 9.18. The van der Waals surface area contributed by atoms with E-state index >= 15 is 0 Å². The Morgan fingerprint density at radius 2 is 2.00 bits per heavy atom. The zero-order valence-corrected chi connectivity index (χ0v) is 6.25. The molecule has 0 amide bonds. The van der Waals surface area contributed by atoms with Gasteiger partial charge in [0.25, 0.3) is 0 Å². The Kier molecular flexibility index (Phi) is 2.69. The molecule has 0 aliphatic heterocycles. The molecule has 2 N–H and O–H groups in total. The molecular weight excluding hydrogens is 138 g/mol. The third-order valence-corrected chi connectivity index (χ3v) is 1.41. The highest BCUT2D eigenvalue weighted by Gasteiger charge is 1.93. The zero-order valence-electron chi connectivity index (χ0n) is 6.25. The van der Waals surface area contributed by atoms with Gasteiger partial charge in [0, 0.05) is 5.70 Å². The molecule has 0 aliphatic carbocycles. The van der Waals surface area contributed by atoms with Gasteiger partial charge in [-0.25, -0.2) is 0 Å². The van der Waals surface area contributed by atoms with Crippen LogP contribution in [0.1, 0.15) is 5.56 Å². The molecule has 0 saturated carbocycles. The highest BCUT2D eigenvalue weighted by molar-refractivity contribution is 5.60. The van der Waals surface area contributed by atoms with Gasteiger partial charge in [-0.05, 0) is 5.56 Å². The van der Waals surface area contributed by atoms with E-state index in [2.05, 4.69) is 11.9 Å². The van der Waals surface area contributed by atoms with Crippen molar-refractivity contribution in [2.24, 2.45) is 0 Å². The topological polar surface area (TPSA) is 32.3 Å². The van der Waals surface area contributed by atoms with E-state index in [1.54, 1.807) is 0 Å². The standard InChI is InChI=1S/C9H11NO/c1-8(10-7-11)9-5-3-2-4-6-9/h2-6,10-11H,1,7H2. The largest absolute Gasteiger partial charge is 0.377 e. The minimum absolute atomic E-state index is 0.0757. The Morgan fingerprint density at radius 1 is 1.36 bits per heavy atom. The summed E-state index contributed by atoms with van der Waals surface area (Å²) >= 11 is 0. The first kappa shape index (κ1) is 7.82. The molecule has 58 valence electrons. The first-order valence-electron chi connectivity index (χ1n) is 3.43. The second-order valence-corrected chi connectivity index (χ2v) is 2.18. The van der Waals surface area contributed by atoms with E-state index in [1.165, 1.54) is 0 Å². The van der Waals surface area contributed by atoms with Crippen LogP contribution in [0.25, 0.3) is 5.70 Å². The molecule has 0 aliphatic rings. The summed E-state index contributed by atoms with van der Waals surface area (Å²) in [5.74, 6) is 0. The Morgan fingerprint density at radius 3 is 2.55 bits per heavy atom. The van der Waals surface area contributed by atoms with E-state index in [1.807, 2.05) is 30.3 Å². The Hall–Kier alpha value is -1.28. The smallest absolute Gasteiger partial charge is 0.113 e. The van der Waals surface area contributed by atoms with Gasteiger partial charge in [0.15, 0.2) is 0 Å². The van der Waals surface area contributed by atoms with Crippen LogP contribution in [-0.2, 0) is 0 Å². The Balaban J connectivity index is 2.69. The quantitative estimate of drug-likeness (QED) is 0.633. The number of benzene rings is 1. The summed E-state index contributed by atoms with van der Waals surface area (Å²) in [5.41, 5.74) is 1.75. The van der Waals surface area contributed by atoms with Crippen molar-refractivity contribution in [3.63, 3.8) is 0 Å². The molecule has 0 heterocycles. The summed E-state index contributed by atoms with van der Waals surface area (Å²) in [4.78, 5) is 0. The van der Waals surface area contributed by atoms with Gasteiger partial charge in [0.2, 0.25) is 0 Å². The monoisotopic (exact) mass is 149 g/mol. The van der Waals surface area contributed by atoms with Crippen LogP contribution in [0.3, 0.4) is 0 Å². The first-order chi connectivity index (χ1) is 5.34. The molecule has 0 radical (unpaired) electrons. The summed E-state index contributed by atoms with van der Waals surface area (Å²) in [6, 6.07) is 9.67. The van der Waals surface area contributed by atoms with Crippen molar-refractivity contribution in [3.05, 3.63) is 42.5 Å². The number of hydrogen-bond acceptors (Lipinski definition) is 2. The highest BCUT2D eigenvalue weighted by Crippen LogP contribution is 2.06. The Bertz CT molecular complexity index is 231. The van der Waals surface area contributed by atoms with Crippen LogP contribution in [0.15, 0.2) is 36.9 Å². The third kappa shape index (κ3) is 2.09. The maximum absolute atomic E-state index is 8.53. The lowest BCUT2D eigenvalue weighted by Crippen LogP contribution is -2.11. The first-order valence-corrected chi connectivity index (χ1v) is 3.43. The maximum Gasteiger partial charge on any atom is 0.113 e. The number of aliphatic hydroxyl groups excluding tert-OH is 1. The van der Waals surface area contributed by atoms with Gasteiger partial charge in [-0.2, -0.15) is 0 Å². The predicted octanol–water partition coefficient (Wildman–Crippen LogP) is 1.20. The predicted molar refractivity (Wildman–Crippen MR) is 45.7 cm³/mol. The molecule has 0 atom stereocenters. The highest BCUT2D eigenvalue weighted by atomic mass is 16.3. The van der Waals surface area contributed by atoms with Crippen molar-refractivity contribution in [1.29, 1.82) is 0 Å². The van der Waals surface area contributed by atoms with Crippen LogP contribution in [0.2, 0.25) is 0 Å². The van der Waals surface area contributed by atoms with E-state index in [9.17, 15) is 0 Å². The number of nitrogens with one attached hydrogen (secondary N) is 1. The van der Waals surface area contributed by atoms with Gasteiger partial charge in [-0.3, -0.25) is 0 Å². The SMILES string of the molecule is C=C(NCO)c1ccccc1. The van der Waals surface area contributed by atoms with Crippen molar-refractivity contribution in [2.45, 2.75) is 0 Å². The minimum Gasteiger partial charge on any atom is -0.377 e. The molecule has 1 aromatic rings. The van der Waals surface area contributed by atoms with Gasteiger partial charge in [-0.15, -0.1) is 0 Å². The Labute approximate surface area is 66.2 Å². The second kappa shape index (κ2) is 3.78. The summed E-state index contributed by atoms with van der Waals surface area (Å²) in [6.07, 6.45) is 0. The van der Waals surface area contributed by atoms with Crippen molar-refractivity contribution in [2.75, 3.05) is 6.73 Å². The van der Waals surface area contributed by atoms with E-state index < -0.39 is 0 Å². The number of aliphatic hydroxyl groups is 1. The van der Waals surface area contributed by atoms with Crippen LogP contribution in [0, 0.1) is 0 Å². The van der Waals surface area contributed by atoms with E-state index in [-0.39, 0.29) is 6.73 Å². The van der Waals surface area contributed by atoms with Crippen molar-refractivity contribution >= 4 is 5.70 Å². The van der Waals surface area contributed by atoms with Crippen LogP contribution in [-0.4, -0.2) is 11.8 Å². The van der Waals surface area contributed by atoms with E-state index in [0.29, 0.717) is 0 Å². The number of rotatable bonds is 3. The number of hydrogen-bond donors (Lipinski definition) is 2. The summed E-state index contributed by atoms with van der Waals surface area (Å²) in [6.45, 7) is 3.67. The van der Waals surface area contributed by atoms with E-state index in [4.69, 9.17) is 5.11 Å². The van der Waals surface area contributed by atoms with Gasteiger partial charge in [0.05, 0.1) is 0 Å². The fraction of sp³-hybridized carbons (Fsp3) is 0.111. The van der Waals surface area contributed by atoms with Crippen LogP contribution >= 0.6 is 0 Å². The molecule has 0 aromatic heterocycles.